The second-order valence-corrected chi connectivity index (χ2v) is 4.12. The van der Waals surface area contributed by atoms with E-state index in [1.54, 1.807) is 0 Å². The molecule has 1 aromatic carbocycles. The van der Waals surface area contributed by atoms with Gasteiger partial charge in [-0.2, -0.15) is 5.10 Å². The van der Waals surface area contributed by atoms with E-state index in [4.69, 9.17) is 0 Å². The number of halogens is 1. The van der Waals surface area contributed by atoms with Crippen molar-refractivity contribution >= 4 is 17.6 Å². The van der Waals surface area contributed by atoms with E-state index >= 15 is 0 Å². The number of benzene rings is 1. The molecule has 0 saturated heterocycles. The molecule has 21 heavy (non-hydrogen) atoms. The Morgan fingerprint density at radius 1 is 1.48 bits per heavy atom. The molecule has 0 saturated carbocycles. The van der Waals surface area contributed by atoms with Crippen LogP contribution in [-0.2, 0) is 16.1 Å². The van der Waals surface area contributed by atoms with Crippen molar-refractivity contribution in [3.05, 3.63) is 42.0 Å². The molecule has 110 valence electrons. The van der Waals surface area contributed by atoms with E-state index in [-0.39, 0.29) is 12.1 Å². The minimum absolute atomic E-state index is 0.0721. The Hall–Kier alpha value is -2.90. The van der Waals surface area contributed by atoms with Crippen LogP contribution in [0.3, 0.4) is 0 Å². The fourth-order valence-electron chi connectivity index (χ4n) is 1.61. The fourth-order valence-corrected chi connectivity index (χ4v) is 1.61. The van der Waals surface area contributed by atoms with E-state index in [2.05, 4.69) is 15.2 Å². The number of aromatic hydroxyl groups is 1. The van der Waals surface area contributed by atoms with Gasteiger partial charge in [0.05, 0.1) is 24.6 Å². The molecule has 0 fully saturated rings. The summed E-state index contributed by atoms with van der Waals surface area (Å²) in [4.78, 5) is 23.0. The first-order valence-corrected chi connectivity index (χ1v) is 5.88. The van der Waals surface area contributed by atoms with Crippen LogP contribution in [0.1, 0.15) is 10.4 Å². The molecule has 0 aliphatic heterocycles. The number of ether oxygens (including phenoxy) is 1. The monoisotopic (exact) mass is 293 g/mol. The smallest absolute Gasteiger partial charge is 0.327 e. The van der Waals surface area contributed by atoms with E-state index in [1.165, 1.54) is 30.3 Å². The number of hydrogen-bond acceptors (Lipinski definition) is 5. The van der Waals surface area contributed by atoms with Gasteiger partial charge in [-0.15, -0.1) is 0 Å². The first-order chi connectivity index (χ1) is 9.99. The van der Waals surface area contributed by atoms with Crippen LogP contribution in [0.2, 0.25) is 0 Å². The third-order valence-electron chi connectivity index (χ3n) is 2.61. The Labute approximate surface area is 119 Å². The van der Waals surface area contributed by atoms with Gasteiger partial charge < -0.3 is 15.2 Å². The average molecular weight is 293 g/mol. The standard InChI is InChI=1S/C13H12FN3O4/c1-21-12(19)7-17-6-9(5-15-17)16-13(20)10-3-2-8(14)4-11(10)18/h2-6,18H,7H2,1H3,(H,16,20). The van der Waals surface area contributed by atoms with Crippen LogP contribution >= 0.6 is 0 Å². The maximum atomic E-state index is 12.8. The van der Waals surface area contributed by atoms with Crippen LogP contribution in [0.15, 0.2) is 30.6 Å². The fraction of sp³-hybridized carbons (Fsp3) is 0.154. The molecule has 0 aliphatic carbocycles. The number of carbonyl (C=O) groups is 2. The molecule has 2 rings (SSSR count). The molecule has 0 aliphatic rings. The first-order valence-electron chi connectivity index (χ1n) is 5.88. The molecule has 2 aromatic rings. The van der Waals surface area contributed by atoms with Crippen LogP contribution in [0, 0.1) is 5.82 Å². The Morgan fingerprint density at radius 3 is 2.90 bits per heavy atom. The summed E-state index contributed by atoms with van der Waals surface area (Å²) < 4.78 is 18.6. The van der Waals surface area contributed by atoms with Crippen LogP contribution in [-0.4, -0.2) is 33.9 Å². The summed E-state index contributed by atoms with van der Waals surface area (Å²) in [6.45, 7) is -0.0891. The van der Waals surface area contributed by atoms with Crippen molar-refractivity contribution in [2.75, 3.05) is 12.4 Å². The van der Waals surface area contributed by atoms with Gasteiger partial charge >= 0.3 is 5.97 Å². The zero-order chi connectivity index (χ0) is 15.4. The topological polar surface area (TPSA) is 93.5 Å². The number of carbonyl (C=O) groups excluding carboxylic acids is 2. The number of hydrogen-bond donors (Lipinski definition) is 2. The van der Waals surface area contributed by atoms with Crippen LogP contribution < -0.4 is 5.32 Å². The quantitative estimate of drug-likeness (QED) is 0.825. The van der Waals surface area contributed by atoms with Crippen molar-refractivity contribution in [3.8, 4) is 5.75 Å². The van der Waals surface area contributed by atoms with Crippen LogP contribution in [0.5, 0.6) is 5.75 Å². The largest absolute Gasteiger partial charge is 0.507 e. The summed E-state index contributed by atoms with van der Waals surface area (Å²) in [5, 5.41) is 15.9. The predicted octanol–water partition coefficient (Wildman–Crippen LogP) is 1.15. The third kappa shape index (κ3) is 3.56. The number of phenolic OH excluding ortho intramolecular Hbond substituents is 1. The number of amides is 1. The van der Waals surface area contributed by atoms with Gasteiger partial charge in [-0.1, -0.05) is 0 Å². The van der Waals surface area contributed by atoms with E-state index in [0.717, 1.165) is 12.1 Å². The third-order valence-corrected chi connectivity index (χ3v) is 2.61. The Morgan fingerprint density at radius 2 is 2.24 bits per heavy atom. The molecule has 0 radical (unpaired) electrons. The van der Waals surface area contributed by atoms with Crippen LogP contribution in [0.4, 0.5) is 10.1 Å². The van der Waals surface area contributed by atoms with Gasteiger partial charge in [-0.3, -0.25) is 14.3 Å². The van der Waals surface area contributed by atoms with Crippen molar-refractivity contribution in [1.29, 1.82) is 0 Å². The molecule has 0 spiro atoms. The maximum Gasteiger partial charge on any atom is 0.327 e. The first kappa shape index (κ1) is 14.5. The second kappa shape index (κ2) is 6.04. The minimum atomic E-state index is -0.644. The van der Waals surface area contributed by atoms with E-state index in [9.17, 15) is 19.1 Å². The highest BCUT2D eigenvalue weighted by molar-refractivity contribution is 6.05. The molecule has 0 bridgehead atoms. The van der Waals surface area contributed by atoms with Crippen molar-refractivity contribution < 1.29 is 23.8 Å². The summed E-state index contributed by atoms with van der Waals surface area (Å²) in [6.07, 6.45) is 2.76. The number of aromatic nitrogens is 2. The molecule has 1 amide bonds. The Kier molecular flexibility index (Phi) is 4.17. The average Bonchev–Trinajstić information content (AvgIpc) is 2.85. The highest BCUT2D eigenvalue weighted by atomic mass is 19.1. The number of methoxy groups -OCH3 is 1. The second-order valence-electron chi connectivity index (χ2n) is 4.12. The Bertz CT molecular complexity index is 684. The highest BCUT2D eigenvalue weighted by Gasteiger charge is 2.13. The normalized spacial score (nSPS) is 10.2. The molecule has 2 N–H and O–H groups in total. The summed E-state index contributed by atoms with van der Waals surface area (Å²) in [5.41, 5.74) is 0.254. The zero-order valence-corrected chi connectivity index (χ0v) is 11.0. The molecular formula is C13H12FN3O4. The lowest BCUT2D eigenvalue weighted by Gasteiger charge is -2.04. The lowest BCUT2D eigenvalue weighted by molar-refractivity contribution is -0.141. The number of phenols is 1. The lowest BCUT2D eigenvalue weighted by atomic mass is 10.2. The highest BCUT2D eigenvalue weighted by Crippen LogP contribution is 2.19. The molecule has 1 heterocycles. The summed E-state index contributed by atoms with van der Waals surface area (Å²) in [7, 11) is 1.26. The number of anilines is 1. The van der Waals surface area contributed by atoms with Gasteiger partial charge in [-0.25, -0.2) is 4.39 Å². The van der Waals surface area contributed by atoms with Crippen molar-refractivity contribution in [2.24, 2.45) is 0 Å². The van der Waals surface area contributed by atoms with Crippen molar-refractivity contribution in [2.45, 2.75) is 6.54 Å². The van der Waals surface area contributed by atoms with Gasteiger partial charge in [0.1, 0.15) is 18.1 Å². The molecule has 0 unspecified atom stereocenters. The SMILES string of the molecule is COC(=O)Cn1cc(NC(=O)c2ccc(F)cc2O)cn1. The minimum Gasteiger partial charge on any atom is -0.507 e. The van der Waals surface area contributed by atoms with Crippen molar-refractivity contribution in [1.82, 2.24) is 9.78 Å². The molecule has 8 heteroatoms. The molecule has 1 aromatic heterocycles. The number of esters is 1. The van der Waals surface area contributed by atoms with E-state index in [0.29, 0.717) is 5.69 Å². The van der Waals surface area contributed by atoms with Crippen LogP contribution in [0.25, 0.3) is 0 Å². The van der Waals surface area contributed by atoms with Gasteiger partial charge in [0.2, 0.25) is 0 Å². The summed E-state index contributed by atoms with van der Waals surface area (Å²) in [5.74, 6) is -2.21. The van der Waals surface area contributed by atoms with E-state index in [1.807, 2.05) is 0 Å². The molecule has 7 nitrogen and oxygen atoms in total. The summed E-state index contributed by atoms with van der Waals surface area (Å²) >= 11 is 0. The van der Waals surface area contributed by atoms with Gasteiger partial charge in [0.25, 0.3) is 5.91 Å². The summed E-state index contributed by atoms with van der Waals surface area (Å²) in [6, 6.07) is 3.07. The Balaban J connectivity index is 2.07. The molecular weight excluding hydrogens is 281 g/mol. The van der Waals surface area contributed by atoms with Crippen molar-refractivity contribution in [3.63, 3.8) is 0 Å². The predicted molar refractivity (Wildman–Crippen MR) is 70.3 cm³/mol. The zero-order valence-electron chi connectivity index (χ0n) is 11.0. The van der Waals surface area contributed by atoms with Gasteiger partial charge in [-0.05, 0) is 12.1 Å². The van der Waals surface area contributed by atoms with E-state index < -0.39 is 23.4 Å². The lowest BCUT2D eigenvalue weighted by Crippen LogP contribution is -2.13. The van der Waals surface area contributed by atoms with Gasteiger partial charge in [0.15, 0.2) is 0 Å². The van der Waals surface area contributed by atoms with Gasteiger partial charge in [0, 0.05) is 12.3 Å². The number of nitrogens with zero attached hydrogens (tertiary/aromatic N) is 2. The number of rotatable bonds is 4. The maximum absolute atomic E-state index is 12.8. The molecule has 0 atom stereocenters. The number of nitrogens with one attached hydrogen (secondary N) is 1.